The SMILES string of the molecule is CCOC(=O)CCCCCCCCCCCCCCCCCCCCCCCCCCCCCCC(N)=O. The van der Waals surface area contributed by atoms with E-state index >= 15 is 0 Å². The second kappa shape index (κ2) is 32.2. The van der Waals surface area contributed by atoms with Crippen LogP contribution < -0.4 is 5.73 Å². The lowest BCUT2D eigenvalue weighted by Gasteiger charge is -2.05. The number of carbonyl (C=O) groups is 2. The number of hydrogen-bond donors (Lipinski definition) is 1. The Hall–Kier alpha value is -1.06. The molecule has 0 spiro atoms. The van der Waals surface area contributed by atoms with Gasteiger partial charge in [0, 0.05) is 12.8 Å². The van der Waals surface area contributed by atoms with Gasteiger partial charge in [0.1, 0.15) is 0 Å². The molecule has 0 saturated carbocycles. The van der Waals surface area contributed by atoms with E-state index in [1.54, 1.807) is 0 Å². The molecule has 0 heterocycles. The molecule has 0 rings (SSSR count). The molecule has 0 atom stereocenters. The Morgan fingerprint density at radius 3 is 0.816 bits per heavy atom. The second-order valence-electron chi connectivity index (χ2n) is 11.7. The number of unbranched alkanes of at least 4 members (excludes halogenated alkanes) is 27. The van der Waals surface area contributed by atoms with Crippen molar-refractivity contribution in [2.75, 3.05) is 6.61 Å². The molecule has 0 unspecified atom stereocenters. The van der Waals surface area contributed by atoms with Crippen LogP contribution in [0, 0.1) is 0 Å². The predicted octanol–water partition coefficient (Wildman–Crippen LogP) is 10.7. The Kier molecular flexibility index (Phi) is 31.3. The first-order valence-electron chi connectivity index (χ1n) is 17.1. The van der Waals surface area contributed by atoms with E-state index in [1.165, 1.54) is 161 Å². The third-order valence-electron chi connectivity index (χ3n) is 7.86. The van der Waals surface area contributed by atoms with Crippen molar-refractivity contribution in [1.82, 2.24) is 0 Å². The van der Waals surface area contributed by atoms with E-state index in [4.69, 9.17) is 10.5 Å². The molecule has 0 aromatic carbocycles. The van der Waals surface area contributed by atoms with Gasteiger partial charge in [0.25, 0.3) is 0 Å². The molecule has 4 heteroatoms. The Labute approximate surface area is 238 Å². The highest BCUT2D eigenvalue weighted by molar-refractivity contribution is 5.73. The van der Waals surface area contributed by atoms with Crippen LogP contribution in [0.5, 0.6) is 0 Å². The van der Waals surface area contributed by atoms with Gasteiger partial charge in [-0.2, -0.15) is 0 Å². The van der Waals surface area contributed by atoms with E-state index in [0.717, 1.165) is 19.3 Å². The van der Waals surface area contributed by atoms with Crippen molar-refractivity contribution in [3.8, 4) is 0 Å². The van der Waals surface area contributed by atoms with E-state index in [9.17, 15) is 9.59 Å². The van der Waals surface area contributed by atoms with Gasteiger partial charge in [0.15, 0.2) is 0 Å². The molecule has 1 amide bonds. The summed E-state index contributed by atoms with van der Waals surface area (Å²) in [4.78, 5) is 22.0. The van der Waals surface area contributed by atoms with Crippen LogP contribution in [0.15, 0.2) is 0 Å². The molecule has 0 saturated heterocycles. The molecule has 0 bridgehead atoms. The minimum atomic E-state index is -0.155. The average molecular weight is 538 g/mol. The van der Waals surface area contributed by atoms with Gasteiger partial charge in [-0.15, -0.1) is 0 Å². The van der Waals surface area contributed by atoms with E-state index in [0.29, 0.717) is 19.4 Å². The van der Waals surface area contributed by atoms with Crippen molar-refractivity contribution in [1.29, 1.82) is 0 Å². The summed E-state index contributed by atoms with van der Waals surface area (Å²) in [6, 6.07) is 0. The Balaban J connectivity index is 3.06. The zero-order valence-corrected chi connectivity index (χ0v) is 25.7. The maximum atomic E-state index is 11.3. The third-order valence-corrected chi connectivity index (χ3v) is 7.86. The summed E-state index contributed by atoms with van der Waals surface area (Å²) in [7, 11) is 0. The van der Waals surface area contributed by atoms with Crippen LogP contribution in [0.3, 0.4) is 0 Å². The highest BCUT2D eigenvalue weighted by Gasteiger charge is 2.01. The van der Waals surface area contributed by atoms with Gasteiger partial charge in [0.2, 0.25) is 5.91 Å². The van der Waals surface area contributed by atoms with Crippen LogP contribution in [0.2, 0.25) is 0 Å². The fourth-order valence-electron chi connectivity index (χ4n) is 5.40. The van der Waals surface area contributed by atoms with Crippen molar-refractivity contribution in [3.63, 3.8) is 0 Å². The summed E-state index contributed by atoms with van der Waals surface area (Å²) < 4.78 is 4.96. The lowest BCUT2D eigenvalue weighted by molar-refractivity contribution is -0.143. The van der Waals surface area contributed by atoms with Gasteiger partial charge in [-0.1, -0.05) is 167 Å². The van der Waals surface area contributed by atoms with Crippen LogP contribution in [0.4, 0.5) is 0 Å². The summed E-state index contributed by atoms with van der Waals surface area (Å²) in [6.45, 7) is 2.38. The number of hydrogen-bond acceptors (Lipinski definition) is 3. The normalized spacial score (nSPS) is 11.2. The minimum absolute atomic E-state index is 0.0322. The molecule has 0 aliphatic heterocycles. The quantitative estimate of drug-likeness (QED) is 0.0685. The zero-order valence-electron chi connectivity index (χ0n) is 25.7. The number of esters is 1. The van der Waals surface area contributed by atoms with Crippen molar-refractivity contribution in [2.45, 2.75) is 200 Å². The van der Waals surface area contributed by atoms with Gasteiger partial charge in [-0.05, 0) is 19.8 Å². The zero-order chi connectivity index (χ0) is 27.8. The molecular formula is C34H67NO3. The first kappa shape index (κ1) is 36.9. The summed E-state index contributed by atoms with van der Waals surface area (Å²) in [6.07, 6.45) is 39.1. The van der Waals surface area contributed by atoms with Crippen LogP contribution in [0.25, 0.3) is 0 Å². The van der Waals surface area contributed by atoms with Crippen LogP contribution in [0.1, 0.15) is 200 Å². The van der Waals surface area contributed by atoms with Gasteiger partial charge in [-0.25, -0.2) is 0 Å². The Morgan fingerprint density at radius 1 is 0.395 bits per heavy atom. The van der Waals surface area contributed by atoms with Gasteiger partial charge >= 0.3 is 5.97 Å². The fraction of sp³-hybridized carbons (Fsp3) is 0.941. The number of amides is 1. The Bertz CT molecular complexity index is 494. The van der Waals surface area contributed by atoms with Gasteiger partial charge in [-0.3, -0.25) is 9.59 Å². The van der Waals surface area contributed by atoms with Crippen molar-refractivity contribution < 1.29 is 14.3 Å². The monoisotopic (exact) mass is 538 g/mol. The molecule has 0 aromatic heterocycles. The summed E-state index contributed by atoms with van der Waals surface area (Å²) in [5.74, 6) is -0.187. The fourth-order valence-corrected chi connectivity index (χ4v) is 5.40. The third kappa shape index (κ3) is 33.0. The highest BCUT2D eigenvalue weighted by atomic mass is 16.5. The smallest absolute Gasteiger partial charge is 0.305 e. The van der Waals surface area contributed by atoms with E-state index < -0.39 is 0 Å². The summed E-state index contributed by atoms with van der Waals surface area (Å²) in [5.41, 5.74) is 5.16. The molecule has 226 valence electrons. The Morgan fingerprint density at radius 2 is 0.605 bits per heavy atom. The van der Waals surface area contributed by atoms with Crippen molar-refractivity contribution in [3.05, 3.63) is 0 Å². The van der Waals surface area contributed by atoms with Crippen LogP contribution in [-0.2, 0) is 14.3 Å². The van der Waals surface area contributed by atoms with Crippen molar-refractivity contribution >= 4 is 11.9 Å². The standard InChI is InChI=1S/C34H67NO3/c1-2-38-34(37)32-30-28-26-24-22-20-18-16-14-12-10-8-6-4-3-5-7-9-11-13-15-17-19-21-23-25-27-29-31-33(35)36/h2-32H2,1H3,(H2,35,36). The van der Waals surface area contributed by atoms with E-state index in [-0.39, 0.29) is 11.9 Å². The number of carbonyl (C=O) groups excluding carboxylic acids is 2. The molecule has 0 fully saturated rings. The minimum Gasteiger partial charge on any atom is -0.466 e. The highest BCUT2D eigenvalue weighted by Crippen LogP contribution is 2.16. The lowest BCUT2D eigenvalue weighted by Crippen LogP contribution is -2.09. The number of nitrogens with two attached hydrogens (primary N) is 1. The molecule has 0 aromatic rings. The predicted molar refractivity (Wildman–Crippen MR) is 164 cm³/mol. The number of primary amides is 1. The molecule has 4 nitrogen and oxygen atoms in total. The number of ether oxygens (including phenoxy) is 1. The lowest BCUT2D eigenvalue weighted by atomic mass is 10.0. The van der Waals surface area contributed by atoms with E-state index in [1.807, 2.05) is 6.92 Å². The summed E-state index contributed by atoms with van der Waals surface area (Å²) in [5, 5.41) is 0. The topological polar surface area (TPSA) is 69.4 Å². The average Bonchev–Trinajstić information content (AvgIpc) is 2.89. The second-order valence-corrected chi connectivity index (χ2v) is 11.7. The first-order valence-corrected chi connectivity index (χ1v) is 17.1. The maximum absolute atomic E-state index is 11.3. The van der Waals surface area contributed by atoms with E-state index in [2.05, 4.69) is 0 Å². The largest absolute Gasteiger partial charge is 0.466 e. The molecular weight excluding hydrogens is 470 g/mol. The van der Waals surface area contributed by atoms with Gasteiger partial charge < -0.3 is 10.5 Å². The molecule has 2 N–H and O–H groups in total. The molecule has 0 radical (unpaired) electrons. The number of rotatable bonds is 32. The molecule has 38 heavy (non-hydrogen) atoms. The maximum Gasteiger partial charge on any atom is 0.305 e. The van der Waals surface area contributed by atoms with Crippen LogP contribution >= 0.6 is 0 Å². The molecule has 0 aliphatic carbocycles. The van der Waals surface area contributed by atoms with Crippen molar-refractivity contribution in [2.24, 2.45) is 5.73 Å². The molecule has 0 aliphatic rings. The first-order chi connectivity index (χ1) is 18.7. The van der Waals surface area contributed by atoms with Gasteiger partial charge in [0.05, 0.1) is 6.61 Å². The van der Waals surface area contributed by atoms with Crippen LogP contribution in [-0.4, -0.2) is 18.5 Å². The summed E-state index contributed by atoms with van der Waals surface area (Å²) >= 11 is 0.